The number of fused-ring (bicyclic) bond motifs is 1. The summed E-state index contributed by atoms with van der Waals surface area (Å²) in [6.45, 7) is 3.58. The van der Waals surface area contributed by atoms with Crippen LogP contribution >= 0.6 is 0 Å². The van der Waals surface area contributed by atoms with Crippen molar-refractivity contribution >= 4 is 26.6 Å². The number of pyridine rings is 1. The lowest BCUT2D eigenvalue weighted by atomic mass is 10.1. The molecule has 0 bridgehead atoms. The molecule has 0 saturated carbocycles. The monoisotopic (exact) mass is 252 g/mol. The number of aromatic nitrogens is 3. The fourth-order valence-electron chi connectivity index (χ4n) is 1.66. The molecule has 0 radical (unpaired) electrons. The number of rotatable bonds is 1. The largest absolute Gasteiger partial charge is 0.382 e. The zero-order valence-corrected chi connectivity index (χ0v) is 10.5. The lowest BCUT2D eigenvalue weighted by Crippen LogP contribution is -2.08. The first kappa shape index (κ1) is 11.7. The SMILES string of the molecule is Cc1cnc(N)c2nc(S(C)(=O)=O)nc(C)c12. The van der Waals surface area contributed by atoms with Crippen LogP contribution in [0.5, 0.6) is 0 Å². The van der Waals surface area contributed by atoms with Crippen molar-refractivity contribution in [2.75, 3.05) is 12.0 Å². The molecule has 0 atom stereocenters. The average Bonchev–Trinajstić information content (AvgIpc) is 2.21. The molecule has 0 aliphatic rings. The number of aryl methyl sites for hydroxylation is 2. The van der Waals surface area contributed by atoms with E-state index in [0.717, 1.165) is 17.2 Å². The second-order valence-corrected chi connectivity index (χ2v) is 5.82. The van der Waals surface area contributed by atoms with Crippen LogP contribution in [0.25, 0.3) is 10.9 Å². The first-order valence-electron chi connectivity index (χ1n) is 4.90. The lowest BCUT2D eigenvalue weighted by molar-refractivity contribution is 0.593. The van der Waals surface area contributed by atoms with Gasteiger partial charge in [-0.15, -0.1) is 0 Å². The van der Waals surface area contributed by atoms with Crippen LogP contribution in [-0.2, 0) is 9.84 Å². The van der Waals surface area contributed by atoms with Crippen molar-refractivity contribution in [2.24, 2.45) is 0 Å². The molecule has 0 fully saturated rings. The van der Waals surface area contributed by atoms with Crippen molar-refractivity contribution in [3.63, 3.8) is 0 Å². The maximum Gasteiger partial charge on any atom is 0.247 e. The van der Waals surface area contributed by atoms with E-state index in [9.17, 15) is 8.42 Å². The summed E-state index contributed by atoms with van der Waals surface area (Å²) in [4.78, 5) is 11.9. The highest BCUT2D eigenvalue weighted by atomic mass is 32.2. The van der Waals surface area contributed by atoms with Crippen LogP contribution in [0.15, 0.2) is 11.4 Å². The van der Waals surface area contributed by atoms with Gasteiger partial charge >= 0.3 is 0 Å². The van der Waals surface area contributed by atoms with Crippen LogP contribution in [0.4, 0.5) is 5.82 Å². The number of hydrogen-bond acceptors (Lipinski definition) is 6. The van der Waals surface area contributed by atoms with Gasteiger partial charge in [0.2, 0.25) is 15.0 Å². The first-order chi connectivity index (χ1) is 7.80. The van der Waals surface area contributed by atoms with Gasteiger partial charge in [0.15, 0.2) is 0 Å². The van der Waals surface area contributed by atoms with E-state index in [2.05, 4.69) is 15.0 Å². The van der Waals surface area contributed by atoms with Crippen LogP contribution in [0.2, 0.25) is 0 Å². The summed E-state index contributed by atoms with van der Waals surface area (Å²) >= 11 is 0. The molecule has 2 N–H and O–H groups in total. The standard InChI is InChI=1S/C10H12N4O2S/c1-5-4-12-9(11)8-7(5)6(2)13-10(14-8)17(3,15)16/h4H,1-3H3,(H2,11,12). The second-order valence-electron chi connectivity index (χ2n) is 3.91. The Morgan fingerprint density at radius 3 is 2.47 bits per heavy atom. The maximum atomic E-state index is 11.4. The summed E-state index contributed by atoms with van der Waals surface area (Å²) in [7, 11) is -3.45. The molecule has 90 valence electrons. The molecule has 0 amide bonds. The first-order valence-corrected chi connectivity index (χ1v) is 6.79. The van der Waals surface area contributed by atoms with Gasteiger partial charge in [0.1, 0.15) is 11.3 Å². The third kappa shape index (κ3) is 1.93. The summed E-state index contributed by atoms with van der Waals surface area (Å²) in [5.41, 5.74) is 7.55. The van der Waals surface area contributed by atoms with Gasteiger partial charge in [-0.2, -0.15) is 0 Å². The predicted molar refractivity (Wildman–Crippen MR) is 64.3 cm³/mol. The fraction of sp³-hybridized carbons (Fsp3) is 0.300. The molecule has 6 nitrogen and oxygen atoms in total. The van der Waals surface area contributed by atoms with Crippen LogP contribution in [0.1, 0.15) is 11.3 Å². The summed E-state index contributed by atoms with van der Waals surface area (Å²) < 4.78 is 22.9. The highest BCUT2D eigenvalue weighted by Crippen LogP contribution is 2.23. The van der Waals surface area contributed by atoms with Gasteiger partial charge in [-0.3, -0.25) is 0 Å². The minimum absolute atomic E-state index is 0.209. The van der Waals surface area contributed by atoms with Gasteiger partial charge in [-0.05, 0) is 19.4 Å². The molecule has 2 rings (SSSR count). The molecular weight excluding hydrogens is 240 g/mol. The van der Waals surface area contributed by atoms with E-state index in [4.69, 9.17) is 5.73 Å². The third-order valence-electron chi connectivity index (χ3n) is 2.44. The number of anilines is 1. The molecule has 17 heavy (non-hydrogen) atoms. The van der Waals surface area contributed by atoms with Crippen LogP contribution in [0.3, 0.4) is 0 Å². The molecule has 7 heteroatoms. The van der Waals surface area contributed by atoms with Gasteiger partial charge in [0.25, 0.3) is 0 Å². The van der Waals surface area contributed by atoms with Crippen molar-refractivity contribution in [3.05, 3.63) is 17.5 Å². The van der Waals surface area contributed by atoms with E-state index in [0.29, 0.717) is 11.2 Å². The van der Waals surface area contributed by atoms with Crippen molar-refractivity contribution in [3.8, 4) is 0 Å². The van der Waals surface area contributed by atoms with Gasteiger partial charge in [0, 0.05) is 17.8 Å². The number of hydrogen-bond donors (Lipinski definition) is 1. The zero-order valence-electron chi connectivity index (χ0n) is 9.72. The molecule has 0 aliphatic heterocycles. The summed E-state index contributed by atoms with van der Waals surface area (Å²) in [5, 5.41) is 0.534. The van der Waals surface area contributed by atoms with Gasteiger partial charge in [-0.1, -0.05) is 0 Å². The van der Waals surface area contributed by atoms with E-state index < -0.39 is 9.84 Å². The highest BCUT2D eigenvalue weighted by Gasteiger charge is 2.16. The molecule has 2 heterocycles. The minimum Gasteiger partial charge on any atom is -0.382 e. The van der Waals surface area contributed by atoms with Gasteiger partial charge in [-0.25, -0.2) is 23.4 Å². The van der Waals surface area contributed by atoms with Crippen molar-refractivity contribution in [2.45, 2.75) is 19.0 Å². The summed E-state index contributed by atoms with van der Waals surface area (Å²) in [6, 6.07) is 0. The number of nitrogens with two attached hydrogens (primary N) is 1. The molecule has 2 aromatic heterocycles. The van der Waals surface area contributed by atoms with Gasteiger partial charge in [0.05, 0.1) is 5.69 Å². The molecule has 0 spiro atoms. The van der Waals surface area contributed by atoms with E-state index in [1.54, 1.807) is 13.1 Å². The number of sulfone groups is 1. The fourth-order valence-corrected chi connectivity index (χ4v) is 2.22. The smallest absolute Gasteiger partial charge is 0.247 e. The quantitative estimate of drug-likeness (QED) is 0.747. The Bertz CT molecular complexity index is 710. The Morgan fingerprint density at radius 2 is 1.88 bits per heavy atom. The van der Waals surface area contributed by atoms with E-state index in [-0.39, 0.29) is 11.0 Å². The Balaban J connectivity index is 2.97. The molecule has 0 saturated heterocycles. The second kappa shape index (κ2) is 3.63. The van der Waals surface area contributed by atoms with Crippen molar-refractivity contribution in [1.29, 1.82) is 0 Å². The molecule has 2 aromatic rings. The number of nitrogen functional groups attached to an aromatic ring is 1. The van der Waals surface area contributed by atoms with E-state index in [1.165, 1.54) is 0 Å². The van der Waals surface area contributed by atoms with Crippen molar-refractivity contribution < 1.29 is 8.42 Å². The average molecular weight is 252 g/mol. The highest BCUT2D eigenvalue weighted by molar-refractivity contribution is 7.90. The Morgan fingerprint density at radius 1 is 1.24 bits per heavy atom. The van der Waals surface area contributed by atoms with E-state index in [1.807, 2.05) is 6.92 Å². The summed E-state index contributed by atoms with van der Waals surface area (Å²) in [5.74, 6) is 0.209. The predicted octanol–water partition coefficient (Wildman–Crippen LogP) is 0.627. The normalized spacial score (nSPS) is 11.9. The molecular formula is C10H12N4O2S. The van der Waals surface area contributed by atoms with Gasteiger partial charge < -0.3 is 5.73 Å². The van der Waals surface area contributed by atoms with Crippen LogP contribution in [0, 0.1) is 13.8 Å². The minimum atomic E-state index is -3.45. The maximum absolute atomic E-state index is 11.4. The zero-order chi connectivity index (χ0) is 12.8. The molecule has 0 aliphatic carbocycles. The van der Waals surface area contributed by atoms with E-state index >= 15 is 0 Å². The van der Waals surface area contributed by atoms with Crippen molar-refractivity contribution in [1.82, 2.24) is 15.0 Å². The lowest BCUT2D eigenvalue weighted by Gasteiger charge is -2.08. The molecule has 0 aromatic carbocycles. The molecule has 0 unspecified atom stereocenters. The Labute approximate surface area is 98.8 Å². The Hall–Kier alpha value is -1.76. The van der Waals surface area contributed by atoms with Crippen LogP contribution in [-0.4, -0.2) is 29.6 Å². The Kier molecular flexibility index (Phi) is 2.50. The van der Waals surface area contributed by atoms with Crippen LogP contribution < -0.4 is 5.73 Å². The summed E-state index contributed by atoms with van der Waals surface area (Å²) in [6.07, 6.45) is 2.68. The number of nitrogens with zero attached hydrogens (tertiary/aromatic N) is 3. The third-order valence-corrected chi connectivity index (χ3v) is 3.28. The topological polar surface area (TPSA) is 98.8 Å².